The minimum atomic E-state index is -4.53. The first-order valence-corrected chi connectivity index (χ1v) is 8.54. The van der Waals surface area contributed by atoms with Crippen LogP contribution in [0.1, 0.15) is 31.9 Å². The lowest BCUT2D eigenvalue weighted by molar-refractivity contribution is -0.191. The number of hydrogen-bond acceptors (Lipinski definition) is 3. The highest BCUT2D eigenvalue weighted by Gasteiger charge is 2.47. The van der Waals surface area contributed by atoms with Crippen LogP contribution in [0.15, 0.2) is 36.4 Å². The van der Waals surface area contributed by atoms with Gasteiger partial charge in [-0.15, -0.1) is 0 Å². The molecule has 1 aliphatic heterocycles. The fraction of sp³-hybridized carbons (Fsp3) is 0.421. The lowest BCUT2D eigenvalue weighted by Crippen LogP contribution is -2.43. The van der Waals surface area contributed by atoms with Crippen molar-refractivity contribution < 1.29 is 22.7 Å². The van der Waals surface area contributed by atoms with E-state index in [1.165, 1.54) is 12.1 Å². The van der Waals surface area contributed by atoms with Gasteiger partial charge in [0.25, 0.3) is 0 Å². The highest BCUT2D eigenvalue weighted by Crippen LogP contribution is 2.41. The smallest absolute Gasteiger partial charge is 0.409 e. The maximum atomic E-state index is 13.8. The number of carbonyl (C=O) groups is 1. The predicted molar refractivity (Wildman–Crippen MR) is 92.5 cm³/mol. The van der Waals surface area contributed by atoms with Crippen molar-refractivity contribution in [3.05, 3.63) is 42.0 Å². The Morgan fingerprint density at radius 1 is 1.23 bits per heavy atom. The molecule has 140 valence electrons. The molecule has 2 aromatic rings. The Labute approximate surface area is 149 Å². The van der Waals surface area contributed by atoms with Crippen molar-refractivity contribution in [1.29, 1.82) is 0 Å². The SMILES string of the molecule is CC(C)COc1cc(C(N2CCC(=O)N2)C(F)(F)F)cc2ccccc12. The molecule has 1 N–H and O–H groups in total. The van der Waals surface area contributed by atoms with E-state index in [1.807, 2.05) is 26.0 Å². The second kappa shape index (κ2) is 7.15. The van der Waals surface area contributed by atoms with Gasteiger partial charge < -0.3 is 4.74 Å². The minimum Gasteiger partial charge on any atom is -0.493 e. The number of hydrogen-bond donors (Lipinski definition) is 1. The monoisotopic (exact) mass is 366 g/mol. The third kappa shape index (κ3) is 3.93. The van der Waals surface area contributed by atoms with Crippen LogP contribution in [0.4, 0.5) is 13.2 Å². The van der Waals surface area contributed by atoms with Crippen LogP contribution < -0.4 is 10.2 Å². The van der Waals surface area contributed by atoms with Crippen molar-refractivity contribution in [1.82, 2.24) is 10.4 Å². The van der Waals surface area contributed by atoms with Crippen LogP contribution in [0.5, 0.6) is 5.75 Å². The van der Waals surface area contributed by atoms with Crippen molar-refractivity contribution in [2.24, 2.45) is 5.92 Å². The molecule has 4 nitrogen and oxygen atoms in total. The molecular formula is C19H21F3N2O2. The predicted octanol–water partition coefficient (Wildman–Crippen LogP) is 4.21. The molecule has 0 aliphatic carbocycles. The van der Waals surface area contributed by atoms with E-state index in [1.54, 1.807) is 12.1 Å². The topological polar surface area (TPSA) is 41.6 Å². The minimum absolute atomic E-state index is 0.0119. The summed E-state index contributed by atoms with van der Waals surface area (Å²) in [7, 11) is 0. The van der Waals surface area contributed by atoms with Gasteiger partial charge in [-0.25, -0.2) is 5.01 Å². The van der Waals surface area contributed by atoms with Gasteiger partial charge in [-0.2, -0.15) is 13.2 Å². The number of alkyl halides is 3. The first kappa shape index (κ1) is 18.5. The molecule has 1 amide bonds. The van der Waals surface area contributed by atoms with Gasteiger partial charge in [0.15, 0.2) is 0 Å². The van der Waals surface area contributed by atoms with E-state index in [0.717, 1.165) is 10.4 Å². The van der Waals surface area contributed by atoms with Crippen LogP contribution in [-0.4, -0.2) is 30.2 Å². The maximum absolute atomic E-state index is 13.8. The van der Waals surface area contributed by atoms with Gasteiger partial charge in [-0.3, -0.25) is 10.2 Å². The molecule has 7 heteroatoms. The van der Waals surface area contributed by atoms with Crippen LogP contribution in [0.3, 0.4) is 0 Å². The van der Waals surface area contributed by atoms with Crippen molar-refractivity contribution >= 4 is 16.7 Å². The molecule has 0 aromatic heterocycles. The summed E-state index contributed by atoms with van der Waals surface area (Å²) in [5.41, 5.74) is 2.36. The van der Waals surface area contributed by atoms with E-state index in [0.29, 0.717) is 17.7 Å². The Kier molecular flexibility index (Phi) is 5.09. The number of ether oxygens (including phenoxy) is 1. The van der Waals surface area contributed by atoms with Gasteiger partial charge in [0.05, 0.1) is 6.61 Å². The van der Waals surface area contributed by atoms with Crippen LogP contribution in [0.2, 0.25) is 0 Å². The van der Waals surface area contributed by atoms with Crippen molar-refractivity contribution in [2.45, 2.75) is 32.5 Å². The van der Waals surface area contributed by atoms with Gasteiger partial charge in [-0.05, 0) is 29.0 Å². The number of benzene rings is 2. The molecule has 0 bridgehead atoms. The lowest BCUT2D eigenvalue weighted by atomic mass is 10.00. The first-order valence-electron chi connectivity index (χ1n) is 8.54. The quantitative estimate of drug-likeness (QED) is 0.862. The van der Waals surface area contributed by atoms with Crippen molar-refractivity contribution in [3.63, 3.8) is 0 Å². The van der Waals surface area contributed by atoms with E-state index in [9.17, 15) is 18.0 Å². The summed E-state index contributed by atoms with van der Waals surface area (Å²) in [6.07, 6.45) is -4.48. The second-order valence-corrected chi connectivity index (χ2v) is 6.87. The third-order valence-corrected chi connectivity index (χ3v) is 4.20. The van der Waals surface area contributed by atoms with E-state index in [-0.39, 0.29) is 24.4 Å². The zero-order valence-corrected chi connectivity index (χ0v) is 14.6. The zero-order chi connectivity index (χ0) is 18.9. The van der Waals surface area contributed by atoms with Crippen molar-refractivity contribution in [3.8, 4) is 5.75 Å². The maximum Gasteiger partial charge on any atom is 0.409 e. The van der Waals surface area contributed by atoms with Crippen LogP contribution in [0.25, 0.3) is 10.8 Å². The number of rotatable bonds is 5. The summed E-state index contributed by atoms with van der Waals surface area (Å²) in [6, 6.07) is 8.23. The Balaban J connectivity index is 2.07. The molecule has 0 radical (unpaired) electrons. The highest BCUT2D eigenvalue weighted by atomic mass is 19.4. The molecule has 0 saturated carbocycles. The zero-order valence-electron chi connectivity index (χ0n) is 14.6. The van der Waals surface area contributed by atoms with Crippen LogP contribution in [-0.2, 0) is 4.79 Å². The summed E-state index contributed by atoms with van der Waals surface area (Å²) < 4.78 is 47.2. The molecule has 1 saturated heterocycles. The van der Waals surface area contributed by atoms with E-state index < -0.39 is 18.1 Å². The van der Waals surface area contributed by atoms with E-state index in [4.69, 9.17) is 4.74 Å². The molecule has 1 atom stereocenters. The number of amides is 1. The Morgan fingerprint density at radius 3 is 2.58 bits per heavy atom. The van der Waals surface area contributed by atoms with Gasteiger partial charge in [0.2, 0.25) is 5.91 Å². The number of nitrogens with one attached hydrogen (secondary N) is 1. The third-order valence-electron chi connectivity index (χ3n) is 4.20. The molecule has 26 heavy (non-hydrogen) atoms. The van der Waals surface area contributed by atoms with Gasteiger partial charge in [-0.1, -0.05) is 38.1 Å². The first-order chi connectivity index (χ1) is 12.3. The molecular weight excluding hydrogens is 345 g/mol. The fourth-order valence-electron chi connectivity index (χ4n) is 3.06. The van der Waals surface area contributed by atoms with Crippen LogP contribution >= 0.6 is 0 Å². The summed E-state index contributed by atoms with van der Waals surface area (Å²) >= 11 is 0. The van der Waals surface area contributed by atoms with E-state index >= 15 is 0 Å². The average molecular weight is 366 g/mol. The Bertz CT molecular complexity index is 805. The Morgan fingerprint density at radius 2 is 1.96 bits per heavy atom. The van der Waals surface area contributed by atoms with E-state index in [2.05, 4.69) is 5.43 Å². The lowest BCUT2D eigenvalue weighted by Gasteiger charge is -2.30. The number of hydrazine groups is 1. The molecule has 0 spiro atoms. The molecule has 3 rings (SSSR count). The molecule has 1 fully saturated rings. The number of carbonyl (C=O) groups excluding carboxylic acids is 1. The summed E-state index contributed by atoms with van der Waals surface area (Å²) in [5.74, 6) is 0.261. The largest absolute Gasteiger partial charge is 0.493 e. The second-order valence-electron chi connectivity index (χ2n) is 6.87. The number of halogens is 3. The normalized spacial score (nSPS) is 16.9. The highest BCUT2D eigenvalue weighted by molar-refractivity contribution is 5.89. The van der Waals surface area contributed by atoms with Gasteiger partial charge >= 0.3 is 6.18 Å². The standard InChI is InChI=1S/C19H21F3N2O2/c1-12(2)11-26-16-10-14(9-13-5-3-4-6-15(13)16)18(19(20,21)22)24-8-7-17(25)23-24/h3-6,9-10,12,18H,7-8,11H2,1-2H3,(H,23,25). The molecule has 1 aliphatic rings. The number of nitrogens with zero attached hydrogens (tertiary/aromatic N) is 1. The summed E-state index contributed by atoms with van der Waals surface area (Å²) in [6.45, 7) is 4.37. The molecule has 1 unspecified atom stereocenters. The molecule has 1 heterocycles. The van der Waals surface area contributed by atoms with Crippen LogP contribution in [0, 0.1) is 5.92 Å². The average Bonchev–Trinajstić information content (AvgIpc) is 2.97. The summed E-state index contributed by atoms with van der Waals surface area (Å²) in [5, 5.41) is 2.39. The Hall–Kier alpha value is -2.28. The summed E-state index contributed by atoms with van der Waals surface area (Å²) in [4.78, 5) is 11.4. The fourth-order valence-corrected chi connectivity index (χ4v) is 3.06. The van der Waals surface area contributed by atoms with Crippen molar-refractivity contribution in [2.75, 3.05) is 13.2 Å². The number of fused-ring (bicyclic) bond motifs is 1. The van der Waals surface area contributed by atoms with Gasteiger partial charge in [0.1, 0.15) is 11.8 Å². The molecule has 2 aromatic carbocycles. The van der Waals surface area contributed by atoms with Gasteiger partial charge in [0, 0.05) is 18.4 Å².